The van der Waals surface area contributed by atoms with E-state index in [2.05, 4.69) is 17.3 Å². The average Bonchev–Trinajstić information content (AvgIpc) is 2.90. The van der Waals surface area contributed by atoms with Gasteiger partial charge >= 0.3 is 0 Å². The second kappa shape index (κ2) is 9.87. The number of amides is 1. The van der Waals surface area contributed by atoms with Crippen LogP contribution >= 0.6 is 0 Å². The Bertz CT molecular complexity index is 767. The van der Waals surface area contributed by atoms with Gasteiger partial charge in [0.25, 0.3) is 0 Å². The van der Waals surface area contributed by atoms with Gasteiger partial charge in [-0.05, 0) is 45.4 Å². The first-order valence-corrected chi connectivity index (χ1v) is 12.0. The molecule has 0 saturated heterocycles. The Labute approximate surface area is 169 Å². The van der Waals surface area contributed by atoms with Gasteiger partial charge in [-0.2, -0.15) is 9.40 Å². The van der Waals surface area contributed by atoms with Crippen molar-refractivity contribution in [1.29, 1.82) is 0 Å². The lowest BCUT2D eigenvalue weighted by Gasteiger charge is -2.29. The second-order valence-corrected chi connectivity index (χ2v) is 9.87. The maximum atomic E-state index is 13.2. The molecule has 0 aliphatic heterocycles. The van der Waals surface area contributed by atoms with Gasteiger partial charge in [0.15, 0.2) is 0 Å². The highest BCUT2D eigenvalue weighted by molar-refractivity contribution is 7.89. The van der Waals surface area contributed by atoms with Crippen LogP contribution in [-0.4, -0.2) is 47.5 Å². The lowest BCUT2D eigenvalue weighted by Crippen LogP contribution is -2.42. The smallest absolute Gasteiger partial charge is 0.246 e. The number of nitrogens with one attached hydrogen (secondary N) is 1. The molecule has 0 spiro atoms. The van der Waals surface area contributed by atoms with Gasteiger partial charge in [0.05, 0.1) is 11.4 Å². The van der Waals surface area contributed by atoms with E-state index >= 15 is 0 Å². The largest absolute Gasteiger partial charge is 0.351 e. The van der Waals surface area contributed by atoms with Crippen molar-refractivity contribution in [3.63, 3.8) is 0 Å². The highest BCUT2D eigenvalue weighted by Crippen LogP contribution is 2.25. The van der Waals surface area contributed by atoms with E-state index in [4.69, 9.17) is 0 Å². The summed E-state index contributed by atoms with van der Waals surface area (Å²) in [4.78, 5) is 12.8. The van der Waals surface area contributed by atoms with Crippen LogP contribution < -0.4 is 5.32 Å². The molecular formula is C20H36N4O3S. The molecule has 1 amide bonds. The highest BCUT2D eigenvalue weighted by Gasteiger charge is 2.31. The molecule has 8 heteroatoms. The van der Waals surface area contributed by atoms with Crippen LogP contribution in [0.2, 0.25) is 0 Å². The van der Waals surface area contributed by atoms with Gasteiger partial charge in [0.2, 0.25) is 15.9 Å². The summed E-state index contributed by atoms with van der Waals surface area (Å²) in [5.74, 6) is 0.373. The van der Waals surface area contributed by atoms with Crippen molar-refractivity contribution < 1.29 is 13.2 Å². The Hall–Kier alpha value is -1.41. The van der Waals surface area contributed by atoms with Crippen LogP contribution in [0.3, 0.4) is 0 Å². The van der Waals surface area contributed by atoms with Crippen molar-refractivity contribution >= 4 is 15.9 Å². The zero-order chi connectivity index (χ0) is 20.9. The van der Waals surface area contributed by atoms with Crippen LogP contribution in [0.5, 0.6) is 0 Å². The van der Waals surface area contributed by atoms with Crippen molar-refractivity contribution in [3.8, 4) is 0 Å². The van der Waals surface area contributed by atoms with Crippen LogP contribution in [-0.2, 0) is 21.4 Å². The summed E-state index contributed by atoms with van der Waals surface area (Å²) in [5, 5.41) is 7.50. The summed E-state index contributed by atoms with van der Waals surface area (Å²) in [7, 11) is -3.62. The number of sulfonamides is 1. The molecule has 2 unspecified atom stereocenters. The molecule has 2 atom stereocenters. The lowest BCUT2D eigenvalue weighted by atomic mass is 9.86. The molecule has 1 aromatic heterocycles. The first-order valence-electron chi connectivity index (χ1n) is 10.6. The van der Waals surface area contributed by atoms with E-state index < -0.39 is 10.0 Å². The van der Waals surface area contributed by atoms with Crippen LogP contribution in [0, 0.1) is 19.8 Å². The summed E-state index contributed by atoms with van der Waals surface area (Å²) in [5.41, 5.74) is 0.982. The van der Waals surface area contributed by atoms with Gasteiger partial charge in [0, 0.05) is 19.1 Å². The normalized spacial score (nSPS) is 20.5. The topological polar surface area (TPSA) is 84.3 Å². The maximum absolute atomic E-state index is 13.2. The zero-order valence-electron chi connectivity index (χ0n) is 18.0. The monoisotopic (exact) mass is 412 g/mol. The number of hydrogen-bond donors (Lipinski definition) is 1. The van der Waals surface area contributed by atoms with Crippen molar-refractivity contribution in [1.82, 2.24) is 19.4 Å². The van der Waals surface area contributed by atoms with Crippen molar-refractivity contribution in [2.24, 2.45) is 5.92 Å². The summed E-state index contributed by atoms with van der Waals surface area (Å²) in [6, 6.07) is 0.200. The third kappa shape index (κ3) is 5.14. The number of carbonyl (C=O) groups excluding carboxylic acids is 1. The molecule has 28 heavy (non-hydrogen) atoms. The number of hydrogen-bond acceptors (Lipinski definition) is 4. The van der Waals surface area contributed by atoms with E-state index in [0.29, 0.717) is 30.4 Å². The van der Waals surface area contributed by atoms with Crippen LogP contribution in [0.15, 0.2) is 4.90 Å². The Balaban J connectivity index is 2.19. The van der Waals surface area contributed by atoms with Crippen molar-refractivity contribution in [2.45, 2.75) is 90.6 Å². The third-order valence-electron chi connectivity index (χ3n) is 5.61. The van der Waals surface area contributed by atoms with Gasteiger partial charge in [0.1, 0.15) is 11.4 Å². The number of rotatable bonds is 9. The second-order valence-electron chi connectivity index (χ2n) is 8.00. The molecule has 0 bridgehead atoms. The third-order valence-corrected chi connectivity index (χ3v) is 7.76. The van der Waals surface area contributed by atoms with E-state index in [1.54, 1.807) is 13.8 Å². The molecule has 7 nitrogen and oxygen atoms in total. The summed E-state index contributed by atoms with van der Waals surface area (Å²) < 4.78 is 29.4. The minimum Gasteiger partial charge on any atom is -0.351 e. The Morgan fingerprint density at radius 1 is 1.18 bits per heavy atom. The first kappa shape index (κ1) is 22.9. The van der Waals surface area contributed by atoms with E-state index in [1.165, 1.54) is 15.4 Å². The standard InChI is InChI=1S/C20H36N4O3S/c1-6-12-23(13-7-2)28(26,27)20-16(4)22-24(17(20)5)14-19(25)21-18-11-9-8-10-15(18)3/h15,18H,6-14H2,1-5H3,(H,21,25). The van der Waals surface area contributed by atoms with Gasteiger partial charge in [-0.1, -0.05) is 33.6 Å². The molecule has 1 saturated carbocycles. The molecule has 0 radical (unpaired) electrons. The van der Waals surface area contributed by atoms with E-state index in [9.17, 15) is 13.2 Å². The van der Waals surface area contributed by atoms with Gasteiger partial charge < -0.3 is 5.32 Å². The molecule has 1 N–H and O–H groups in total. The SMILES string of the molecule is CCCN(CCC)S(=O)(=O)c1c(C)nn(CC(=O)NC2CCCCC2C)c1C. The van der Waals surface area contributed by atoms with E-state index in [-0.39, 0.29) is 23.4 Å². The van der Waals surface area contributed by atoms with Gasteiger partial charge in [-0.15, -0.1) is 0 Å². The van der Waals surface area contributed by atoms with Crippen LogP contribution in [0.1, 0.15) is 70.7 Å². The highest BCUT2D eigenvalue weighted by atomic mass is 32.2. The minimum atomic E-state index is -3.62. The average molecular weight is 413 g/mol. The molecule has 0 aromatic carbocycles. The maximum Gasteiger partial charge on any atom is 0.246 e. The fourth-order valence-electron chi connectivity index (χ4n) is 4.11. The van der Waals surface area contributed by atoms with E-state index in [1.807, 2.05) is 13.8 Å². The summed E-state index contributed by atoms with van der Waals surface area (Å²) >= 11 is 0. The molecule has 160 valence electrons. The number of nitrogens with zero attached hydrogens (tertiary/aromatic N) is 3. The predicted molar refractivity (Wildman–Crippen MR) is 111 cm³/mol. The predicted octanol–water partition coefficient (Wildman–Crippen LogP) is 3.01. The minimum absolute atomic E-state index is 0.0486. The first-order chi connectivity index (χ1) is 13.2. The van der Waals surface area contributed by atoms with Crippen molar-refractivity contribution in [3.05, 3.63) is 11.4 Å². The summed E-state index contributed by atoms with van der Waals surface area (Å²) in [6.07, 6.45) is 6.02. The quantitative estimate of drug-likeness (QED) is 0.676. The van der Waals surface area contributed by atoms with Crippen molar-refractivity contribution in [2.75, 3.05) is 13.1 Å². The number of aryl methyl sites for hydroxylation is 1. The molecule has 1 aliphatic carbocycles. The zero-order valence-corrected chi connectivity index (χ0v) is 18.8. The van der Waals surface area contributed by atoms with Crippen LogP contribution in [0.4, 0.5) is 0 Å². The van der Waals surface area contributed by atoms with Gasteiger partial charge in [-0.3, -0.25) is 9.48 Å². The molecular weight excluding hydrogens is 376 g/mol. The number of carbonyl (C=O) groups is 1. The molecule has 1 fully saturated rings. The summed E-state index contributed by atoms with van der Waals surface area (Å²) in [6.45, 7) is 10.6. The Kier molecular flexibility index (Phi) is 8.07. The van der Waals surface area contributed by atoms with Crippen LogP contribution in [0.25, 0.3) is 0 Å². The number of aromatic nitrogens is 2. The Morgan fingerprint density at radius 3 is 2.36 bits per heavy atom. The molecule has 1 aromatic rings. The lowest BCUT2D eigenvalue weighted by molar-refractivity contribution is -0.123. The van der Waals surface area contributed by atoms with E-state index in [0.717, 1.165) is 32.1 Å². The Morgan fingerprint density at radius 2 is 1.79 bits per heavy atom. The molecule has 1 heterocycles. The van der Waals surface area contributed by atoms with Gasteiger partial charge in [-0.25, -0.2) is 8.42 Å². The fraction of sp³-hybridized carbons (Fsp3) is 0.800. The molecule has 1 aliphatic rings. The fourth-order valence-corrected chi connectivity index (χ4v) is 6.10. The molecule has 2 rings (SSSR count).